The fraction of sp³-hybridized carbons (Fsp3) is 0.312. The van der Waals surface area contributed by atoms with Crippen LogP contribution >= 0.6 is 0 Å². The van der Waals surface area contributed by atoms with Gasteiger partial charge in [-0.25, -0.2) is 23.7 Å². The fourth-order valence-electron chi connectivity index (χ4n) is 3.33. The molecule has 1 saturated heterocycles. The molecule has 0 spiro atoms. The molecule has 0 bridgehead atoms. The molecule has 0 amide bonds. The number of hydrogen-bond acceptors (Lipinski definition) is 5. The molecule has 6 nitrogen and oxygen atoms in total. The first-order valence-electron chi connectivity index (χ1n) is 7.69. The minimum Gasteiger partial charge on any atom is -0.363 e. The van der Waals surface area contributed by atoms with E-state index in [1.54, 1.807) is 12.4 Å². The van der Waals surface area contributed by atoms with Gasteiger partial charge < -0.3 is 10.3 Å². The largest absolute Gasteiger partial charge is 0.363 e. The van der Waals surface area contributed by atoms with Crippen LogP contribution in [0.2, 0.25) is 0 Å². The summed E-state index contributed by atoms with van der Waals surface area (Å²) in [4.78, 5) is 17.6. The quantitative estimate of drug-likeness (QED) is 0.772. The van der Waals surface area contributed by atoms with Crippen LogP contribution in [0.3, 0.4) is 0 Å². The van der Waals surface area contributed by atoms with Gasteiger partial charge in [0.05, 0.1) is 12.4 Å². The maximum Gasteiger partial charge on any atom is 0.182 e. The zero-order valence-corrected chi connectivity index (χ0v) is 13.0. The van der Waals surface area contributed by atoms with Crippen LogP contribution in [0.1, 0.15) is 18.0 Å². The highest BCUT2D eigenvalue weighted by Crippen LogP contribution is 2.34. The van der Waals surface area contributed by atoms with E-state index in [2.05, 4.69) is 30.2 Å². The normalized spacial score (nSPS) is 21.5. The number of likely N-dealkylation sites (tertiary alicyclic amines) is 1. The average molecular weight is 330 g/mol. The molecule has 1 fully saturated rings. The number of rotatable bonds is 3. The Morgan fingerprint density at radius 3 is 2.92 bits per heavy atom. The van der Waals surface area contributed by atoms with Crippen molar-refractivity contribution in [3.8, 4) is 0 Å². The Labute approximate surface area is 136 Å². The van der Waals surface area contributed by atoms with Crippen molar-refractivity contribution in [3.63, 3.8) is 0 Å². The third-order valence-corrected chi connectivity index (χ3v) is 4.48. The van der Waals surface area contributed by atoms with Crippen LogP contribution in [0.4, 0.5) is 14.6 Å². The van der Waals surface area contributed by atoms with E-state index in [0.717, 1.165) is 24.0 Å². The van der Waals surface area contributed by atoms with Gasteiger partial charge in [-0.3, -0.25) is 4.90 Å². The Balaban J connectivity index is 1.66. The second kappa shape index (κ2) is 5.79. The van der Waals surface area contributed by atoms with E-state index < -0.39 is 11.6 Å². The number of nitrogens with one attached hydrogen (secondary N) is 2. The first-order chi connectivity index (χ1) is 11.6. The fourth-order valence-corrected chi connectivity index (χ4v) is 3.33. The van der Waals surface area contributed by atoms with Gasteiger partial charge in [0.1, 0.15) is 11.8 Å². The van der Waals surface area contributed by atoms with Gasteiger partial charge in [0.2, 0.25) is 0 Å². The number of aromatic amines is 1. The summed E-state index contributed by atoms with van der Waals surface area (Å²) < 4.78 is 26.9. The predicted octanol–water partition coefficient (Wildman–Crippen LogP) is 2.49. The summed E-state index contributed by atoms with van der Waals surface area (Å²) in [5, 5.41) is 3.40. The second-order valence-corrected chi connectivity index (χ2v) is 5.96. The maximum absolute atomic E-state index is 13.6. The molecule has 0 radical (unpaired) electrons. The summed E-state index contributed by atoms with van der Waals surface area (Å²) in [5.74, 6) is -1.01. The van der Waals surface area contributed by atoms with Crippen molar-refractivity contribution in [1.82, 2.24) is 24.8 Å². The summed E-state index contributed by atoms with van der Waals surface area (Å²) in [7, 11) is 1.97. The van der Waals surface area contributed by atoms with Crippen LogP contribution in [0, 0.1) is 11.6 Å². The van der Waals surface area contributed by atoms with E-state index in [9.17, 15) is 8.78 Å². The van der Waals surface area contributed by atoms with Gasteiger partial charge in [-0.1, -0.05) is 6.07 Å². The molecule has 0 aliphatic carbocycles. The molecule has 2 unspecified atom stereocenters. The molecule has 4 rings (SSSR count). The van der Waals surface area contributed by atoms with Crippen LogP contribution in [0.25, 0.3) is 11.2 Å². The van der Waals surface area contributed by atoms with Gasteiger partial charge in [0.15, 0.2) is 23.1 Å². The number of halogens is 2. The van der Waals surface area contributed by atoms with Crippen molar-refractivity contribution in [1.29, 1.82) is 0 Å². The van der Waals surface area contributed by atoms with Crippen molar-refractivity contribution in [2.75, 3.05) is 18.9 Å². The molecule has 1 aliphatic rings. The van der Waals surface area contributed by atoms with E-state index in [-0.39, 0.29) is 12.1 Å². The van der Waals surface area contributed by atoms with Gasteiger partial charge in [-0.2, -0.15) is 0 Å². The van der Waals surface area contributed by atoms with Gasteiger partial charge in [0, 0.05) is 12.6 Å². The summed E-state index contributed by atoms with van der Waals surface area (Å²) in [6.07, 6.45) is 3.88. The lowest BCUT2D eigenvalue weighted by Gasteiger charge is -2.26. The number of imidazole rings is 1. The summed E-state index contributed by atoms with van der Waals surface area (Å²) in [5.41, 5.74) is 2.06. The number of anilines is 1. The molecular formula is C16H16F2N6. The Bertz CT molecular complexity index is 880. The Morgan fingerprint density at radius 2 is 2.08 bits per heavy atom. The van der Waals surface area contributed by atoms with Crippen molar-refractivity contribution < 1.29 is 8.78 Å². The van der Waals surface area contributed by atoms with E-state index >= 15 is 0 Å². The SMILES string of the molecule is CN1CCC(Nc2ncnc3nc[nH]c23)C1c1ccc(F)c(F)c1. The highest BCUT2D eigenvalue weighted by Gasteiger charge is 2.34. The molecule has 1 aliphatic heterocycles. The van der Waals surface area contributed by atoms with Crippen molar-refractivity contribution >= 4 is 17.0 Å². The lowest BCUT2D eigenvalue weighted by molar-refractivity contribution is 0.308. The Morgan fingerprint density at radius 1 is 1.21 bits per heavy atom. The Hall–Kier alpha value is -2.61. The standard InChI is InChI=1S/C16H16F2N6/c1-24-5-4-12(14(24)9-2-3-10(17)11(18)6-9)23-16-13-15(20-7-19-13)21-8-22-16/h2-3,6-8,12,14H,4-5H2,1H3,(H2,19,20,21,22,23). The number of aromatic nitrogens is 4. The minimum absolute atomic E-state index is 0.0151. The Kier molecular flexibility index (Phi) is 3.61. The van der Waals surface area contributed by atoms with Gasteiger partial charge >= 0.3 is 0 Å². The third-order valence-electron chi connectivity index (χ3n) is 4.48. The smallest absolute Gasteiger partial charge is 0.182 e. The summed E-state index contributed by atoms with van der Waals surface area (Å²) >= 11 is 0. The highest BCUT2D eigenvalue weighted by atomic mass is 19.2. The zero-order chi connectivity index (χ0) is 16.7. The third kappa shape index (κ3) is 2.48. The average Bonchev–Trinajstić information content (AvgIpc) is 3.18. The van der Waals surface area contributed by atoms with Crippen LogP contribution < -0.4 is 5.32 Å². The lowest BCUT2D eigenvalue weighted by Crippen LogP contribution is -2.29. The van der Waals surface area contributed by atoms with E-state index in [1.807, 2.05) is 7.05 Å². The number of H-pyrrole nitrogens is 1. The second-order valence-electron chi connectivity index (χ2n) is 5.96. The molecule has 124 valence electrons. The number of likely N-dealkylation sites (N-methyl/N-ethyl adjacent to an activating group) is 1. The van der Waals surface area contributed by atoms with Crippen LogP contribution in [-0.2, 0) is 0 Å². The molecule has 1 aromatic carbocycles. The molecule has 24 heavy (non-hydrogen) atoms. The van der Waals surface area contributed by atoms with Crippen LogP contribution in [0.15, 0.2) is 30.9 Å². The van der Waals surface area contributed by atoms with Crippen molar-refractivity contribution in [2.24, 2.45) is 0 Å². The minimum atomic E-state index is -0.834. The molecule has 2 N–H and O–H groups in total. The van der Waals surface area contributed by atoms with Crippen LogP contribution in [0.5, 0.6) is 0 Å². The van der Waals surface area contributed by atoms with Crippen LogP contribution in [-0.4, -0.2) is 44.5 Å². The monoisotopic (exact) mass is 330 g/mol. The molecule has 3 heterocycles. The van der Waals surface area contributed by atoms with E-state index in [4.69, 9.17) is 0 Å². The molecule has 2 aromatic heterocycles. The summed E-state index contributed by atoms with van der Waals surface area (Å²) in [6.45, 7) is 0.846. The van der Waals surface area contributed by atoms with E-state index in [1.165, 1.54) is 18.5 Å². The number of nitrogens with zero attached hydrogens (tertiary/aromatic N) is 4. The molecule has 0 saturated carbocycles. The van der Waals surface area contributed by atoms with Crippen molar-refractivity contribution in [3.05, 3.63) is 48.1 Å². The summed E-state index contributed by atoms with van der Waals surface area (Å²) in [6, 6.07) is 4.01. The number of benzene rings is 1. The molecule has 8 heteroatoms. The lowest BCUT2D eigenvalue weighted by atomic mass is 10.00. The maximum atomic E-state index is 13.6. The number of hydrogen-bond donors (Lipinski definition) is 2. The number of fused-ring (bicyclic) bond motifs is 1. The first-order valence-corrected chi connectivity index (χ1v) is 7.69. The molecule has 3 aromatic rings. The molecular weight excluding hydrogens is 314 g/mol. The topological polar surface area (TPSA) is 69.7 Å². The van der Waals surface area contributed by atoms with Gasteiger partial charge in [-0.15, -0.1) is 0 Å². The van der Waals surface area contributed by atoms with Gasteiger partial charge in [-0.05, 0) is 31.2 Å². The zero-order valence-electron chi connectivity index (χ0n) is 13.0. The predicted molar refractivity (Wildman–Crippen MR) is 85.4 cm³/mol. The first kappa shape index (κ1) is 14.9. The molecule has 2 atom stereocenters. The van der Waals surface area contributed by atoms with Crippen molar-refractivity contribution in [2.45, 2.75) is 18.5 Å². The van der Waals surface area contributed by atoms with Gasteiger partial charge in [0.25, 0.3) is 0 Å². The highest BCUT2D eigenvalue weighted by molar-refractivity contribution is 5.82. The van der Waals surface area contributed by atoms with E-state index in [0.29, 0.717) is 11.5 Å².